The van der Waals surface area contributed by atoms with Crippen molar-refractivity contribution in [1.82, 2.24) is 4.98 Å². The van der Waals surface area contributed by atoms with Gasteiger partial charge in [0, 0.05) is 16.9 Å². The quantitative estimate of drug-likeness (QED) is 0.848. The molecule has 5 nitrogen and oxygen atoms in total. The lowest BCUT2D eigenvalue weighted by Crippen LogP contribution is -2.05. The molecule has 0 saturated carbocycles. The fourth-order valence-corrected chi connectivity index (χ4v) is 1.89. The van der Waals surface area contributed by atoms with Crippen LogP contribution in [-0.2, 0) is 11.3 Å². The minimum absolute atomic E-state index is 0.252. The molecule has 0 atom stereocenters. The SMILES string of the molecule is COC(=O)c1ccc(CNc2cc(C#N)cc(F)c2C)[nH]1. The molecule has 1 aromatic carbocycles. The highest BCUT2D eigenvalue weighted by atomic mass is 19.1. The van der Waals surface area contributed by atoms with E-state index in [1.165, 1.54) is 13.2 Å². The molecule has 21 heavy (non-hydrogen) atoms. The molecule has 0 aliphatic rings. The average Bonchev–Trinajstić information content (AvgIpc) is 2.96. The highest BCUT2D eigenvalue weighted by molar-refractivity contribution is 5.87. The average molecular weight is 287 g/mol. The molecule has 2 aromatic rings. The Bertz CT molecular complexity index is 716. The zero-order valence-corrected chi connectivity index (χ0v) is 11.7. The lowest BCUT2D eigenvalue weighted by Gasteiger charge is -2.10. The molecule has 0 aliphatic heterocycles. The maximum Gasteiger partial charge on any atom is 0.354 e. The number of carbonyl (C=O) groups is 1. The summed E-state index contributed by atoms with van der Waals surface area (Å²) in [6.45, 7) is 2.00. The van der Waals surface area contributed by atoms with Crippen molar-refractivity contribution in [3.63, 3.8) is 0 Å². The summed E-state index contributed by atoms with van der Waals surface area (Å²) in [4.78, 5) is 14.2. The van der Waals surface area contributed by atoms with Gasteiger partial charge in [0.2, 0.25) is 0 Å². The summed E-state index contributed by atoms with van der Waals surface area (Å²) in [6, 6.07) is 8.04. The number of nitriles is 1. The minimum Gasteiger partial charge on any atom is -0.464 e. The van der Waals surface area contributed by atoms with Crippen molar-refractivity contribution in [2.75, 3.05) is 12.4 Å². The smallest absolute Gasteiger partial charge is 0.354 e. The lowest BCUT2D eigenvalue weighted by atomic mass is 10.1. The Balaban J connectivity index is 2.13. The summed E-state index contributed by atoms with van der Waals surface area (Å²) in [5.74, 6) is -0.881. The van der Waals surface area contributed by atoms with Gasteiger partial charge in [-0.05, 0) is 31.2 Å². The van der Waals surface area contributed by atoms with E-state index in [0.29, 0.717) is 23.5 Å². The Morgan fingerprint density at radius 3 is 2.90 bits per heavy atom. The van der Waals surface area contributed by atoms with Gasteiger partial charge in [-0.25, -0.2) is 9.18 Å². The van der Waals surface area contributed by atoms with E-state index >= 15 is 0 Å². The zero-order valence-electron chi connectivity index (χ0n) is 11.7. The minimum atomic E-state index is -0.449. The second-order valence-electron chi connectivity index (χ2n) is 4.48. The first-order valence-electron chi connectivity index (χ1n) is 6.25. The molecule has 0 fully saturated rings. The maximum atomic E-state index is 13.6. The number of methoxy groups -OCH3 is 1. The normalized spacial score (nSPS) is 10.0. The van der Waals surface area contributed by atoms with E-state index in [1.54, 1.807) is 25.1 Å². The standard InChI is InChI=1S/C15H14FN3O2/c1-9-12(16)5-10(7-17)6-14(9)18-8-11-3-4-13(19-11)15(20)21-2/h3-6,18-19H,8H2,1-2H3. The third-order valence-corrected chi connectivity index (χ3v) is 3.09. The molecular weight excluding hydrogens is 273 g/mol. The summed E-state index contributed by atoms with van der Waals surface area (Å²) in [5, 5.41) is 11.9. The summed E-state index contributed by atoms with van der Waals surface area (Å²) in [6.07, 6.45) is 0. The van der Waals surface area contributed by atoms with E-state index in [2.05, 4.69) is 15.0 Å². The van der Waals surface area contributed by atoms with Gasteiger partial charge in [0.1, 0.15) is 11.5 Å². The number of halogens is 1. The van der Waals surface area contributed by atoms with Gasteiger partial charge in [-0.15, -0.1) is 0 Å². The molecule has 108 valence electrons. The van der Waals surface area contributed by atoms with E-state index in [1.807, 2.05) is 6.07 Å². The number of benzene rings is 1. The number of nitrogens with zero attached hydrogens (tertiary/aromatic N) is 1. The summed E-state index contributed by atoms with van der Waals surface area (Å²) in [7, 11) is 1.31. The first-order valence-corrected chi connectivity index (χ1v) is 6.25. The van der Waals surface area contributed by atoms with E-state index in [-0.39, 0.29) is 5.56 Å². The van der Waals surface area contributed by atoms with Crippen molar-refractivity contribution in [2.24, 2.45) is 0 Å². The van der Waals surface area contributed by atoms with Crippen LogP contribution in [0.5, 0.6) is 0 Å². The van der Waals surface area contributed by atoms with Crippen LogP contribution in [-0.4, -0.2) is 18.1 Å². The predicted molar refractivity (Wildman–Crippen MR) is 75.3 cm³/mol. The molecule has 0 saturated heterocycles. The summed E-state index contributed by atoms with van der Waals surface area (Å²) >= 11 is 0. The van der Waals surface area contributed by atoms with Crippen LogP contribution >= 0.6 is 0 Å². The molecule has 2 rings (SSSR count). The van der Waals surface area contributed by atoms with Crippen LogP contribution in [0.2, 0.25) is 0 Å². The second-order valence-corrected chi connectivity index (χ2v) is 4.48. The van der Waals surface area contributed by atoms with Crippen molar-refractivity contribution in [2.45, 2.75) is 13.5 Å². The number of ether oxygens (including phenoxy) is 1. The van der Waals surface area contributed by atoms with Crippen LogP contribution in [0.4, 0.5) is 10.1 Å². The molecule has 0 unspecified atom stereocenters. The van der Waals surface area contributed by atoms with Gasteiger partial charge in [0.15, 0.2) is 0 Å². The van der Waals surface area contributed by atoms with E-state index in [0.717, 1.165) is 5.69 Å². The van der Waals surface area contributed by atoms with E-state index < -0.39 is 11.8 Å². The highest BCUT2D eigenvalue weighted by Crippen LogP contribution is 2.21. The third-order valence-electron chi connectivity index (χ3n) is 3.09. The predicted octanol–water partition coefficient (Wildman–Crippen LogP) is 2.73. The Labute approximate surface area is 121 Å². The number of aromatic nitrogens is 1. The molecule has 0 spiro atoms. The first kappa shape index (κ1) is 14.6. The zero-order chi connectivity index (χ0) is 15.4. The number of aromatic amines is 1. The first-order chi connectivity index (χ1) is 10.0. The van der Waals surface area contributed by atoms with Gasteiger partial charge in [-0.1, -0.05) is 0 Å². The van der Waals surface area contributed by atoms with Crippen LogP contribution < -0.4 is 5.32 Å². The van der Waals surface area contributed by atoms with Gasteiger partial charge in [0.05, 0.1) is 25.3 Å². The van der Waals surface area contributed by atoms with Gasteiger partial charge in [0.25, 0.3) is 0 Å². The van der Waals surface area contributed by atoms with Crippen LogP contribution in [0.15, 0.2) is 24.3 Å². The Hall–Kier alpha value is -2.81. The number of hydrogen-bond donors (Lipinski definition) is 2. The van der Waals surface area contributed by atoms with Crippen molar-refractivity contribution in [1.29, 1.82) is 5.26 Å². The van der Waals surface area contributed by atoms with Gasteiger partial charge in [-0.3, -0.25) is 0 Å². The molecule has 2 N–H and O–H groups in total. The van der Waals surface area contributed by atoms with Gasteiger partial charge in [-0.2, -0.15) is 5.26 Å². The summed E-state index contributed by atoms with van der Waals surface area (Å²) < 4.78 is 18.2. The fourth-order valence-electron chi connectivity index (χ4n) is 1.89. The van der Waals surface area contributed by atoms with Crippen molar-refractivity contribution >= 4 is 11.7 Å². The highest BCUT2D eigenvalue weighted by Gasteiger charge is 2.10. The van der Waals surface area contributed by atoms with Crippen LogP contribution in [0, 0.1) is 24.1 Å². The monoisotopic (exact) mass is 287 g/mol. The Kier molecular flexibility index (Phi) is 4.24. The number of esters is 1. The number of carbonyl (C=O) groups excluding carboxylic acids is 1. The molecule has 1 heterocycles. The van der Waals surface area contributed by atoms with Crippen LogP contribution in [0.1, 0.15) is 27.3 Å². The molecule has 0 radical (unpaired) electrons. The van der Waals surface area contributed by atoms with Crippen LogP contribution in [0.25, 0.3) is 0 Å². The van der Waals surface area contributed by atoms with E-state index in [9.17, 15) is 9.18 Å². The Morgan fingerprint density at radius 1 is 1.48 bits per heavy atom. The van der Waals surface area contributed by atoms with Crippen LogP contribution in [0.3, 0.4) is 0 Å². The number of rotatable bonds is 4. The second kappa shape index (κ2) is 6.09. The lowest BCUT2D eigenvalue weighted by molar-refractivity contribution is 0.0594. The van der Waals surface area contributed by atoms with Gasteiger partial charge >= 0.3 is 5.97 Å². The van der Waals surface area contributed by atoms with Crippen molar-refractivity contribution in [3.05, 3.63) is 52.6 Å². The topological polar surface area (TPSA) is 77.9 Å². The summed E-state index contributed by atoms with van der Waals surface area (Å²) in [5.41, 5.74) is 2.33. The van der Waals surface area contributed by atoms with Crippen molar-refractivity contribution in [3.8, 4) is 6.07 Å². The maximum absolute atomic E-state index is 13.6. The molecule has 0 bridgehead atoms. The fraction of sp³-hybridized carbons (Fsp3) is 0.200. The molecule has 1 aromatic heterocycles. The molecular formula is C15H14FN3O2. The Morgan fingerprint density at radius 2 is 2.24 bits per heavy atom. The number of hydrogen-bond acceptors (Lipinski definition) is 4. The molecule has 0 aliphatic carbocycles. The van der Waals surface area contributed by atoms with E-state index in [4.69, 9.17) is 5.26 Å². The molecule has 0 amide bonds. The van der Waals surface area contributed by atoms with Crippen molar-refractivity contribution < 1.29 is 13.9 Å². The largest absolute Gasteiger partial charge is 0.464 e. The number of nitrogens with one attached hydrogen (secondary N) is 2. The number of anilines is 1. The third kappa shape index (κ3) is 3.20. The molecule has 6 heteroatoms. The number of H-pyrrole nitrogens is 1. The van der Waals surface area contributed by atoms with Gasteiger partial charge < -0.3 is 15.0 Å².